The van der Waals surface area contributed by atoms with E-state index in [0.717, 1.165) is 6.42 Å². The fourth-order valence-corrected chi connectivity index (χ4v) is 0.951. The summed E-state index contributed by atoms with van der Waals surface area (Å²) in [7, 11) is 0. The summed E-state index contributed by atoms with van der Waals surface area (Å²) >= 11 is 0. The van der Waals surface area contributed by atoms with Crippen LogP contribution in [0.2, 0.25) is 0 Å². The zero-order valence-corrected chi connectivity index (χ0v) is 5.59. The first-order chi connectivity index (χ1) is 4.33. The van der Waals surface area contributed by atoms with Gasteiger partial charge in [-0.2, -0.15) is 0 Å². The van der Waals surface area contributed by atoms with Crippen molar-refractivity contribution in [2.24, 2.45) is 5.92 Å². The van der Waals surface area contributed by atoms with Crippen LogP contribution in [0.15, 0.2) is 23.8 Å². The van der Waals surface area contributed by atoms with E-state index in [1.165, 1.54) is 5.57 Å². The monoisotopic (exact) mass is 118 g/mol. The van der Waals surface area contributed by atoms with Crippen LogP contribution in [-0.2, 0) is 0 Å². The fourth-order valence-electron chi connectivity index (χ4n) is 0.951. The summed E-state index contributed by atoms with van der Waals surface area (Å²) in [6, 6.07) is 0. The van der Waals surface area contributed by atoms with Gasteiger partial charge in [0.15, 0.2) is 0 Å². The Labute approximate surface area is 56.3 Å². The average molecular weight is 118 g/mol. The largest absolute Gasteiger partial charge is 0.119 e. The van der Waals surface area contributed by atoms with Crippen molar-refractivity contribution in [3.8, 4) is 12.3 Å². The summed E-state index contributed by atoms with van der Waals surface area (Å²) < 4.78 is 0. The number of allylic oxidation sites excluding steroid dienone is 4. The molecule has 1 aliphatic rings. The van der Waals surface area contributed by atoms with Gasteiger partial charge in [0.1, 0.15) is 0 Å². The summed E-state index contributed by atoms with van der Waals surface area (Å²) in [5.74, 6) is 3.05. The Morgan fingerprint density at radius 3 is 3.00 bits per heavy atom. The Morgan fingerprint density at radius 1 is 1.78 bits per heavy atom. The van der Waals surface area contributed by atoms with E-state index in [0.29, 0.717) is 5.92 Å². The molecule has 0 bridgehead atoms. The first kappa shape index (κ1) is 6.16. The Balaban J connectivity index is 2.64. The molecule has 46 valence electrons. The molecule has 1 atom stereocenters. The third-order valence-electron chi connectivity index (χ3n) is 1.48. The van der Waals surface area contributed by atoms with E-state index in [1.54, 1.807) is 0 Å². The molecular weight excluding hydrogens is 108 g/mol. The molecule has 0 amide bonds. The van der Waals surface area contributed by atoms with E-state index in [9.17, 15) is 0 Å². The van der Waals surface area contributed by atoms with Crippen LogP contribution in [0.5, 0.6) is 0 Å². The Kier molecular flexibility index (Phi) is 1.75. The minimum atomic E-state index is 0.343. The van der Waals surface area contributed by atoms with Crippen molar-refractivity contribution in [2.45, 2.75) is 13.3 Å². The number of rotatable bonds is 0. The molecule has 0 aliphatic heterocycles. The number of hydrogen-bond donors (Lipinski definition) is 0. The highest BCUT2D eigenvalue weighted by Gasteiger charge is 2.03. The molecule has 0 saturated heterocycles. The standard InChI is InChI=1S/C9H10/c1-3-9-6-4-5-8(2)7-9/h1,4-6,9H,7H2,2H3. The predicted octanol–water partition coefficient (Wildman–Crippen LogP) is 2.14. The first-order valence-corrected chi connectivity index (χ1v) is 3.13. The van der Waals surface area contributed by atoms with Gasteiger partial charge in [0.2, 0.25) is 0 Å². The molecule has 0 radical (unpaired) electrons. The summed E-state index contributed by atoms with van der Waals surface area (Å²) in [6.45, 7) is 2.10. The van der Waals surface area contributed by atoms with Gasteiger partial charge in [-0.05, 0) is 13.3 Å². The van der Waals surface area contributed by atoms with E-state index >= 15 is 0 Å². The van der Waals surface area contributed by atoms with Gasteiger partial charge in [-0.15, -0.1) is 6.42 Å². The molecule has 0 spiro atoms. The minimum Gasteiger partial charge on any atom is -0.119 e. The van der Waals surface area contributed by atoms with E-state index in [4.69, 9.17) is 6.42 Å². The lowest BCUT2D eigenvalue weighted by Gasteiger charge is -2.08. The highest BCUT2D eigenvalue weighted by Crippen LogP contribution is 2.16. The van der Waals surface area contributed by atoms with Crippen LogP contribution in [-0.4, -0.2) is 0 Å². The third kappa shape index (κ3) is 1.47. The third-order valence-corrected chi connectivity index (χ3v) is 1.48. The molecule has 9 heavy (non-hydrogen) atoms. The number of hydrogen-bond acceptors (Lipinski definition) is 0. The molecule has 0 saturated carbocycles. The maximum absolute atomic E-state index is 5.24. The summed E-state index contributed by atoms with van der Waals surface area (Å²) in [6.07, 6.45) is 12.5. The van der Waals surface area contributed by atoms with Gasteiger partial charge in [0.25, 0.3) is 0 Å². The van der Waals surface area contributed by atoms with Crippen LogP contribution in [0.25, 0.3) is 0 Å². The van der Waals surface area contributed by atoms with Gasteiger partial charge in [-0.25, -0.2) is 0 Å². The van der Waals surface area contributed by atoms with Crippen molar-refractivity contribution >= 4 is 0 Å². The smallest absolute Gasteiger partial charge is 0.0420 e. The highest BCUT2D eigenvalue weighted by atomic mass is 14.1. The van der Waals surface area contributed by atoms with E-state index < -0.39 is 0 Å². The summed E-state index contributed by atoms with van der Waals surface area (Å²) in [5, 5.41) is 0. The second-order valence-electron chi connectivity index (χ2n) is 2.38. The van der Waals surface area contributed by atoms with Crippen LogP contribution in [0.3, 0.4) is 0 Å². The lowest BCUT2D eigenvalue weighted by molar-refractivity contribution is 0.810. The quantitative estimate of drug-likeness (QED) is 0.427. The molecule has 0 nitrogen and oxygen atoms in total. The van der Waals surface area contributed by atoms with Crippen LogP contribution in [0, 0.1) is 18.3 Å². The molecule has 0 aromatic rings. The van der Waals surface area contributed by atoms with Gasteiger partial charge in [0.05, 0.1) is 0 Å². The summed E-state index contributed by atoms with van der Waals surface area (Å²) in [4.78, 5) is 0. The van der Waals surface area contributed by atoms with Crippen LogP contribution in [0.4, 0.5) is 0 Å². The van der Waals surface area contributed by atoms with Gasteiger partial charge >= 0.3 is 0 Å². The zero-order valence-electron chi connectivity index (χ0n) is 5.59. The SMILES string of the molecule is C#CC1C=CC=C(C)C1. The van der Waals surface area contributed by atoms with Crippen molar-refractivity contribution in [1.29, 1.82) is 0 Å². The lowest BCUT2D eigenvalue weighted by Crippen LogP contribution is -1.96. The molecule has 0 aromatic heterocycles. The maximum Gasteiger partial charge on any atom is 0.0420 e. The normalized spacial score (nSPS) is 24.9. The molecule has 1 unspecified atom stereocenters. The molecule has 0 heteroatoms. The Bertz CT molecular complexity index is 189. The van der Waals surface area contributed by atoms with Crippen LogP contribution in [0.1, 0.15) is 13.3 Å². The molecule has 0 heterocycles. The molecule has 0 fully saturated rings. The maximum atomic E-state index is 5.24. The minimum absolute atomic E-state index is 0.343. The molecule has 0 aromatic carbocycles. The average Bonchev–Trinajstić information content (AvgIpc) is 1.88. The van der Waals surface area contributed by atoms with Crippen molar-refractivity contribution in [1.82, 2.24) is 0 Å². The van der Waals surface area contributed by atoms with Crippen molar-refractivity contribution < 1.29 is 0 Å². The number of terminal acetylenes is 1. The lowest BCUT2D eigenvalue weighted by atomic mass is 9.96. The fraction of sp³-hybridized carbons (Fsp3) is 0.333. The summed E-state index contributed by atoms with van der Waals surface area (Å²) in [5.41, 5.74) is 1.38. The molecule has 1 aliphatic carbocycles. The Hall–Kier alpha value is -0.960. The first-order valence-electron chi connectivity index (χ1n) is 3.13. The van der Waals surface area contributed by atoms with Gasteiger partial charge in [-0.3, -0.25) is 0 Å². The van der Waals surface area contributed by atoms with E-state index in [-0.39, 0.29) is 0 Å². The molecular formula is C9H10. The van der Waals surface area contributed by atoms with E-state index in [1.807, 2.05) is 6.08 Å². The topological polar surface area (TPSA) is 0 Å². The second kappa shape index (κ2) is 2.55. The predicted molar refractivity (Wildman–Crippen MR) is 39.8 cm³/mol. The van der Waals surface area contributed by atoms with E-state index in [2.05, 4.69) is 25.0 Å². The van der Waals surface area contributed by atoms with Crippen molar-refractivity contribution in [3.05, 3.63) is 23.8 Å². The van der Waals surface area contributed by atoms with Gasteiger partial charge in [-0.1, -0.05) is 29.7 Å². The highest BCUT2D eigenvalue weighted by molar-refractivity contribution is 5.23. The van der Waals surface area contributed by atoms with Crippen molar-refractivity contribution in [2.75, 3.05) is 0 Å². The Morgan fingerprint density at radius 2 is 2.56 bits per heavy atom. The van der Waals surface area contributed by atoms with Crippen LogP contribution >= 0.6 is 0 Å². The molecule has 0 N–H and O–H groups in total. The zero-order chi connectivity index (χ0) is 6.69. The van der Waals surface area contributed by atoms with Crippen molar-refractivity contribution in [3.63, 3.8) is 0 Å². The molecule has 1 rings (SSSR count). The second-order valence-corrected chi connectivity index (χ2v) is 2.38. The van der Waals surface area contributed by atoms with Gasteiger partial charge < -0.3 is 0 Å². The van der Waals surface area contributed by atoms with Crippen LogP contribution < -0.4 is 0 Å². The van der Waals surface area contributed by atoms with Gasteiger partial charge in [0, 0.05) is 5.92 Å².